The van der Waals surface area contributed by atoms with Gasteiger partial charge in [-0.1, -0.05) is 97.0 Å². The number of halogens is 7. The maximum absolute atomic E-state index is 15.3. The number of rotatable bonds is 12. The van der Waals surface area contributed by atoms with Gasteiger partial charge in [-0.15, -0.1) is 0 Å². The molecule has 22 nitrogen and oxygen atoms in total. The molecule has 1 spiro atoms. The summed E-state index contributed by atoms with van der Waals surface area (Å²) in [5, 5.41) is 7.94. The Labute approximate surface area is 581 Å². The van der Waals surface area contributed by atoms with Gasteiger partial charge in [-0.2, -0.15) is 26.3 Å². The van der Waals surface area contributed by atoms with Crippen molar-refractivity contribution >= 4 is 76.6 Å². The van der Waals surface area contributed by atoms with E-state index in [2.05, 4.69) is 16.0 Å². The first kappa shape index (κ1) is 80.5. The van der Waals surface area contributed by atoms with E-state index in [-0.39, 0.29) is 94.5 Å². The van der Waals surface area contributed by atoms with Crippen molar-refractivity contribution in [2.24, 2.45) is 17.8 Å². The molecule has 1 saturated carbocycles. The largest absolute Gasteiger partial charge is 0.417 e. The molecule has 6 rings (SSSR count). The lowest BCUT2D eigenvalue weighted by Gasteiger charge is -2.45. The first-order chi connectivity index (χ1) is 46.2. The second kappa shape index (κ2) is 33.8. The Hall–Kier alpha value is -7.52. The van der Waals surface area contributed by atoms with E-state index in [9.17, 15) is 59.9 Å². The topological polar surface area (TPSA) is 250 Å². The minimum atomic E-state index is -4.80. The third-order valence-corrected chi connectivity index (χ3v) is 21.0. The second-order valence-electron chi connectivity index (χ2n) is 27.9. The van der Waals surface area contributed by atoms with Crippen LogP contribution in [0.1, 0.15) is 162 Å². The number of likely N-dealkylation sites (N-methyl/N-ethyl adjacent to an activating group) is 6. The zero-order chi connectivity index (χ0) is 74.1. The van der Waals surface area contributed by atoms with Crippen LogP contribution in [0.25, 0.3) is 0 Å². The quantitative estimate of drug-likeness (QED) is 0.181. The third-order valence-electron chi connectivity index (χ3n) is 20.7. The zero-order valence-electron chi connectivity index (χ0n) is 59.4. The van der Waals surface area contributed by atoms with Gasteiger partial charge in [0.15, 0.2) is 0 Å². The Kier molecular flexibility index (Phi) is 27.4. The summed E-state index contributed by atoms with van der Waals surface area (Å²) in [5.74, 6) is -8.78. The highest BCUT2D eigenvalue weighted by molar-refractivity contribution is 6.31. The standard InChI is InChI=1S/C70H100ClF6N11O11/c1-15-41(6)57-65(97)83(12)44(9)61(93)88-34-30-52(88)64(96)86(17-3)54(38-46-22-26-47(27-23-46)69(72,73)74)63(95)81(10)39-55(89)78-50(29-25-45-24-28-48(49(71)37-45)70(75,76)77)62(94)87-33-20-21-51(87)60(92)80-68(31-18-19-32-68)67(99)85(14)58(42(7)16-2)66(98)82(11)43(8)36-56(90)84(13)53(35-40(4)5)59(91)79-57/h22-24,26-28,37,40-44,50-54,57-58H,15-21,25,29-36,38-39H2,1-14H3,(H,78,89)(H,79,91)(H,80,92)/t41-,42-,43+,44-,50-,51-,52-,53-,54-,57-,58-/m0/s1. The van der Waals surface area contributed by atoms with Crippen LogP contribution < -0.4 is 16.0 Å². The van der Waals surface area contributed by atoms with E-state index in [1.165, 1.54) is 73.6 Å². The van der Waals surface area contributed by atoms with E-state index < -0.39 is 178 Å². The lowest BCUT2D eigenvalue weighted by Crippen LogP contribution is -2.65. The molecule has 3 N–H and O–H groups in total. The van der Waals surface area contributed by atoms with Gasteiger partial charge >= 0.3 is 12.4 Å². The lowest BCUT2D eigenvalue weighted by atomic mass is 9.90. The maximum Gasteiger partial charge on any atom is 0.417 e. The molecule has 11 atom stereocenters. The predicted molar refractivity (Wildman–Crippen MR) is 357 cm³/mol. The molecule has 99 heavy (non-hydrogen) atoms. The van der Waals surface area contributed by atoms with Gasteiger partial charge in [0, 0.05) is 73.8 Å². The average molecular weight is 1420 g/mol. The number of carbonyl (C=O) groups is 11. The van der Waals surface area contributed by atoms with E-state index in [4.69, 9.17) is 11.6 Å². The van der Waals surface area contributed by atoms with Gasteiger partial charge < -0.3 is 55.1 Å². The third kappa shape index (κ3) is 18.9. The van der Waals surface area contributed by atoms with Crippen molar-refractivity contribution < 1.29 is 79.1 Å². The highest BCUT2D eigenvalue weighted by Crippen LogP contribution is 2.37. The van der Waals surface area contributed by atoms with Gasteiger partial charge in [-0.25, -0.2) is 0 Å². The van der Waals surface area contributed by atoms with Crippen LogP contribution in [0, 0.1) is 17.8 Å². The molecule has 0 bridgehead atoms. The normalized spacial score (nSPS) is 26.4. The van der Waals surface area contributed by atoms with Crippen molar-refractivity contribution in [3.05, 3.63) is 69.7 Å². The van der Waals surface area contributed by atoms with E-state index >= 15 is 19.2 Å². The van der Waals surface area contributed by atoms with Crippen molar-refractivity contribution in [3.63, 3.8) is 0 Å². The Morgan fingerprint density at radius 1 is 0.616 bits per heavy atom. The van der Waals surface area contributed by atoms with Crippen LogP contribution in [0.4, 0.5) is 26.3 Å². The molecule has 0 aromatic heterocycles. The predicted octanol–water partition coefficient (Wildman–Crippen LogP) is 7.11. The number of nitrogens with one attached hydrogen (secondary N) is 3. The molecule has 2 aromatic rings. The molecule has 4 fully saturated rings. The Morgan fingerprint density at radius 3 is 1.77 bits per heavy atom. The molecular formula is C70H100ClF6N11O11. The number of carbonyl (C=O) groups excluding carboxylic acids is 11. The van der Waals surface area contributed by atoms with E-state index in [1.54, 1.807) is 20.8 Å². The molecule has 0 radical (unpaired) electrons. The van der Waals surface area contributed by atoms with Crippen LogP contribution in [0.3, 0.4) is 0 Å². The van der Waals surface area contributed by atoms with Crippen molar-refractivity contribution in [1.82, 2.24) is 55.1 Å². The molecule has 0 unspecified atom stereocenters. The Bertz CT molecular complexity index is 3280. The summed E-state index contributed by atoms with van der Waals surface area (Å²) in [6, 6.07) is -4.11. The van der Waals surface area contributed by atoms with Gasteiger partial charge in [-0.3, -0.25) is 52.7 Å². The van der Waals surface area contributed by atoms with Crippen LogP contribution >= 0.6 is 11.6 Å². The first-order valence-electron chi connectivity index (χ1n) is 34.4. The van der Waals surface area contributed by atoms with Crippen molar-refractivity contribution in [2.75, 3.05) is 61.4 Å². The monoisotopic (exact) mass is 1420 g/mol. The zero-order valence-corrected chi connectivity index (χ0v) is 60.2. The van der Waals surface area contributed by atoms with E-state index in [1.807, 2.05) is 27.7 Å². The Balaban J connectivity index is 1.44. The number of amides is 11. The Morgan fingerprint density at radius 2 is 1.22 bits per heavy atom. The van der Waals surface area contributed by atoms with Gasteiger partial charge in [-0.05, 0) is 125 Å². The minimum absolute atomic E-state index is 0.0173. The number of aryl methyl sites for hydroxylation is 1. The summed E-state index contributed by atoms with van der Waals surface area (Å²) in [4.78, 5) is 173. The SMILES string of the molecule is CC[C@H](C)[C@@H]1NC(=O)[C@H](CC(C)C)N(C)C(=O)C[C@@H](C)N(C)C(=O)[C@H]([C@@H](C)CC)N(C)C(=O)C2(CCCC2)NC(=O)[C@@H]2CCCN2C(=O)[C@H](CCc2ccc(C(F)(F)F)c(Cl)c2)NC(=O)CN(C)C(=O)[C@H](Cc2ccc(C(F)(F)F)cc2)N(CC)C(=O)[C@@H]2CCN2C(=O)[C@H](C)N(C)C1=O. The summed E-state index contributed by atoms with van der Waals surface area (Å²) >= 11 is 6.12. The smallest absolute Gasteiger partial charge is 0.343 e. The number of hydrogen-bond acceptors (Lipinski definition) is 11. The molecule has 3 saturated heterocycles. The van der Waals surface area contributed by atoms with Crippen LogP contribution in [0.2, 0.25) is 5.02 Å². The maximum atomic E-state index is 15.3. The highest BCUT2D eigenvalue weighted by atomic mass is 35.5. The van der Waals surface area contributed by atoms with Crippen LogP contribution in [-0.2, 0) is 77.9 Å². The van der Waals surface area contributed by atoms with Gasteiger partial charge in [0.25, 0.3) is 0 Å². The van der Waals surface area contributed by atoms with Gasteiger partial charge in [0.05, 0.1) is 22.7 Å². The molecular weight excluding hydrogens is 1320 g/mol. The summed E-state index contributed by atoms with van der Waals surface area (Å²) in [5.41, 5.74) is -3.26. The number of fused-ring (bicyclic) bond motifs is 2. The fraction of sp³-hybridized carbons (Fsp3) is 0.671. The van der Waals surface area contributed by atoms with E-state index in [0.717, 1.165) is 57.2 Å². The minimum Gasteiger partial charge on any atom is -0.343 e. The van der Waals surface area contributed by atoms with Gasteiger partial charge in [0.2, 0.25) is 65.0 Å². The second-order valence-corrected chi connectivity index (χ2v) is 28.3. The molecule has 1 aliphatic carbocycles. The average Bonchev–Trinajstić information content (AvgIpc) is 1.64. The van der Waals surface area contributed by atoms with Gasteiger partial charge in [0.1, 0.15) is 53.9 Å². The number of benzene rings is 2. The van der Waals surface area contributed by atoms with Crippen molar-refractivity contribution in [3.8, 4) is 0 Å². The van der Waals surface area contributed by atoms with Crippen LogP contribution in [0.15, 0.2) is 42.5 Å². The summed E-state index contributed by atoms with van der Waals surface area (Å²) in [6.07, 6.45) is -7.85. The fourth-order valence-electron chi connectivity index (χ4n) is 13.8. The molecule has 3 aliphatic heterocycles. The first-order valence-corrected chi connectivity index (χ1v) is 34.8. The molecule has 29 heteroatoms. The molecule has 3 heterocycles. The number of nitrogens with zero attached hydrogens (tertiary/aromatic N) is 8. The summed E-state index contributed by atoms with van der Waals surface area (Å²) < 4.78 is 83.1. The van der Waals surface area contributed by atoms with Crippen LogP contribution in [0.5, 0.6) is 0 Å². The van der Waals surface area contributed by atoms with Crippen LogP contribution in [-0.4, -0.2) is 226 Å². The molecule has 4 aliphatic rings. The lowest BCUT2D eigenvalue weighted by molar-refractivity contribution is -0.160. The fourth-order valence-corrected chi connectivity index (χ4v) is 14.1. The molecule has 550 valence electrons. The summed E-state index contributed by atoms with van der Waals surface area (Å²) in [7, 11) is 7.06. The molecule has 2 aromatic carbocycles. The van der Waals surface area contributed by atoms with Crippen molar-refractivity contribution in [1.29, 1.82) is 0 Å². The summed E-state index contributed by atoms with van der Waals surface area (Å²) in [6.45, 7) is 14.6. The highest BCUT2D eigenvalue weighted by Gasteiger charge is 2.51. The molecule has 11 amide bonds. The number of alkyl halides is 6. The number of hydrogen-bond donors (Lipinski definition) is 3. The van der Waals surface area contributed by atoms with E-state index in [0.29, 0.717) is 25.7 Å². The van der Waals surface area contributed by atoms with Crippen molar-refractivity contribution in [2.45, 2.75) is 224 Å².